The lowest BCUT2D eigenvalue weighted by Gasteiger charge is -2.22. The van der Waals surface area contributed by atoms with Crippen molar-refractivity contribution in [1.82, 2.24) is 25.0 Å². The van der Waals surface area contributed by atoms with E-state index in [1.807, 2.05) is 7.05 Å². The quantitative estimate of drug-likeness (QED) is 0.157. The minimum atomic E-state index is 0. The predicted molar refractivity (Wildman–Crippen MR) is 139 cm³/mol. The third kappa shape index (κ3) is 8.09. The summed E-state index contributed by atoms with van der Waals surface area (Å²) >= 11 is 1.66. The predicted octanol–water partition coefficient (Wildman–Crippen LogP) is 4.48. The van der Waals surface area contributed by atoms with Crippen molar-refractivity contribution in [2.45, 2.75) is 58.3 Å². The molecule has 1 N–H and O–H groups in total. The molecule has 0 aliphatic heterocycles. The van der Waals surface area contributed by atoms with Crippen molar-refractivity contribution in [3.05, 3.63) is 41.2 Å². The molecule has 0 saturated carbocycles. The standard InChI is InChI=1S/C22H36N6S.HI/c1-7-18-10-12-19(13-11-18)16-27(5)21(23-4)24-14-8-9-20-25-26-22(29-6)28(20)15-17(2)3;/h10-13,17H,7-9,14-16H2,1-6H3,(H,23,24);1H. The third-order valence-corrected chi connectivity index (χ3v) is 5.48. The number of benzene rings is 1. The minimum absolute atomic E-state index is 0. The Morgan fingerprint density at radius 3 is 2.43 bits per heavy atom. The van der Waals surface area contributed by atoms with Crippen LogP contribution in [0.3, 0.4) is 0 Å². The molecule has 8 heteroatoms. The number of halogens is 1. The van der Waals surface area contributed by atoms with Crippen LogP contribution in [0.2, 0.25) is 0 Å². The van der Waals surface area contributed by atoms with Gasteiger partial charge >= 0.3 is 0 Å². The van der Waals surface area contributed by atoms with Crippen molar-refractivity contribution in [2.24, 2.45) is 10.9 Å². The van der Waals surface area contributed by atoms with E-state index in [0.29, 0.717) is 5.92 Å². The molecular formula is C22H37IN6S. The van der Waals surface area contributed by atoms with Crippen molar-refractivity contribution in [3.8, 4) is 0 Å². The zero-order chi connectivity index (χ0) is 21.2. The molecule has 168 valence electrons. The van der Waals surface area contributed by atoms with Crippen molar-refractivity contribution < 1.29 is 0 Å². The van der Waals surface area contributed by atoms with Crippen LogP contribution in [0.25, 0.3) is 0 Å². The topological polar surface area (TPSA) is 58.3 Å². The Morgan fingerprint density at radius 1 is 1.20 bits per heavy atom. The van der Waals surface area contributed by atoms with Crippen LogP contribution < -0.4 is 5.32 Å². The fourth-order valence-corrected chi connectivity index (χ4v) is 3.79. The number of aryl methyl sites for hydroxylation is 2. The van der Waals surface area contributed by atoms with E-state index in [9.17, 15) is 0 Å². The minimum Gasteiger partial charge on any atom is -0.356 e. The number of guanidine groups is 1. The lowest BCUT2D eigenvalue weighted by Crippen LogP contribution is -2.39. The Bertz CT molecular complexity index is 772. The molecule has 1 aromatic carbocycles. The van der Waals surface area contributed by atoms with Crippen LogP contribution in [-0.4, -0.2) is 52.5 Å². The first kappa shape index (κ1) is 26.7. The molecule has 0 spiro atoms. The SMILES string of the molecule is CCc1ccc(CN(C)C(=NC)NCCCc2nnc(SC)n2CC(C)C)cc1.I. The first-order chi connectivity index (χ1) is 14.0. The lowest BCUT2D eigenvalue weighted by molar-refractivity contribution is 0.469. The maximum atomic E-state index is 4.43. The summed E-state index contributed by atoms with van der Waals surface area (Å²) in [4.78, 5) is 6.59. The molecule has 30 heavy (non-hydrogen) atoms. The molecule has 0 amide bonds. The van der Waals surface area contributed by atoms with E-state index in [0.717, 1.165) is 55.8 Å². The van der Waals surface area contributed by atoms with Gasteiger partial charge in [0.1, 0.15) is 5.82 Å². The van der Waals surface area contributed by atoms with Gasteiger partial charge in [0.25, 0.3) is 0 Å². The zero-order valence-electron chi connectivity index (χ0n) is 19.2. The highest BCUT2D eigenvalue weighted by molar-refractivity contribution is 14.0. The maximum Gasteiger partial charge on any atom is 0.193 e. The summed E-state index contributed by atoms with van der Waals surface area (Å²) < 4.78 is 2.26. The van der Waals surface area contributed by atoms with Crippen molar-refractivity contribution in [3.63, 3.8) is 0 Å². The van der Waals surface area contributed by atoms with Crippen LogP contribution in [-0.2, 0) is 25.9 Å². The number of hydrogen-bond acceptors (Lipinski definition) is 4. The zero-order valence-corrected chi connectivity index (χ0v) is 22.3. The second-order valence-corrected chi connectivity index (χ2v) is 8.48. The van der Waals surface area contributed by atoms with E-state index in [-0.39, 0.29) is 24.0 Å². The van der Waals surface area contributed by atoms with E-state index in [2.05, 4.69) is 88.3 Å². The molecule has 0 bridgehead atoms. The summed E-state index contributed by atoms with van der Waals surface area (Å²) in [5.41, 5.74) is 2.66. The summed E-state index contributed by atoms with van der Waals surface area (Å²) in [5, 5.41) is 13.2. The van der Waals surface area contributed by atoms with E-state index in [1.165, 1.54) is 11.1 Å². The van der Waals surface area contributed by atoms with Gasteiger partial charge in [-0.2, -0.15) is 0 Å². The van der Waals surface area contributed by atoms with Gasteiger partial charge in [-0.1, -0.05) is 56.8 Å². The highest BCUT2D eigenvalue weighted by Crippen LogP contribution is 2.16. The highest BCUT2D eigenvalue weighted by Gasteiger charge is 2.13. The fraction of sp³-hybridized carbons (Fsp3) is 0.591. The second kappa shape index (κ2) is 13.9. The molecule has 0 radical (unpaired) electrons. The Kier molecular flexibility index (Phi) is 12.4. The molecule has 1 aromatic heterocycles. The first-order valence-corrected chi connectivity index (χ1v) is 11.7. The number of aliphatic imine (C=N–C) groups is 1. The summed E-state index contributed by atoms with van der Waals surface area (Å²) in [7, 11) is 3.91. The second-order valence-electron chi connectivity index (χ2n) is 7.71. The van der Waals surface area contributed by atoms with Gasteiger partial charge in [0.15, 0.2) is 11.1 Å². The third-order valence-electron chi connectivity index (χ3n) is 4.81. The summed E-state index contributed by atoms with van der Waals surface area (Å²) in [6.07, 6.45) is 5.03. The van der Waals surface area contributed by atoms with Gasteiger partial charge < -0.3 is 14.8 Å². The van der Waals surface area contributed by atoms with Crippen LogP contribution >= 0.6 is 35.7 Å². The molecule has 0 aliphatic carbocycles. The van der Waals surface area contributed by atoms with Gasteiger partial charge in [0.2, 0.25) is 0 Å². The number of aromatic nitrogens is 3. The Hall–Kier alpha value is -1.29. The average Bonchev–Trinajstić information content (AvgIpc) is 3.09. The summed E-state index contributed by atoms with van der Waals surface area (Å²) in [6.45, 7) is 9.29. The van der Waals surface area contributed by atoms with Gasteiger partial charge in [0, 0.05) is 40.2 Å². The molecule has 0 unspecified atom stereocenters. The molecule has 6 nitrogen and oxygen atoms in total. The van der Waals surface area contributed by atoms with Crippen LogP contribution in [0.4, 0.5) is 0 Å². The van der Waals surface area contributed by atoms with Crippen LogP contribution in [0, 0.1) is 5.92 Å². The van der Waals surface area contributed by atoms with Crippen molar-refractivity contribution in [2.75, 3.05) is 26.9 Å². The van der Waals surface area contributed by atoms with Crippen molar-refractivity contribution in [1.29, 1.82) is 0 Å². The molecule has 0 fully saturated rings. The number of nitrogens with one attached hydrogen (secondary N) is 1. The average molecular weight is 545 g/mol. The molecule has 0 aliphatic rings. The number of thioether (sulfide) groups is 1. The van der Waals surface area contributed by atoms with Gasteiger partial charge in [0.05, 0.1) is 0 Å². The monoisotopic (exact) mass is 544 g/mol. The van der Waals surface area contributed by atoms with E-state index in [4.69, 9.17) is 0 Å². The van der Waals surface area contributed by atoms with E-state index in [1.54, 1.807) is 11.8 Å². The first-order valence-electron chi connectivity index (χ1n) is 10.4. The Balaban J connectivity index is 0.00000450. The van der Waals surface area contributed by atoms with Crippen molar-refractivity contribution >= 4 is 41.7 Å². The van der Waals surface area contributed by atoms with Crippen LogP contribution in [0.5, 0.6) is 0 Å². The van der Waals surface area contributed by atoms with Crippen LogP contribution in [0.15, 0.2) is 34.4 Å². The van der Waals surface area contributed by atoms with Gasteiger partial charge in [-0.25, -0.2) is 0 Å². The van der Waals surface area contributed by atoms with Gasteiger partial charge in [-0.3, -0.25) is 4.99 Å². The highest BCUT2D eigenvalue weighted by atomic mass is 127. The fourth-order valence-electron chi connectivity index (χ4n) is 3.26. The Morgan fingerprint density at radius 2 is 1.87 bits per heavy atom. The van der Waals surface area contributed by atoms with Crippen LogP contribution in [0.1, 0.15) is 44.1 Å². The molecule has 0 atom stereocenters. The van der Waals surface area contributed by atoms with Gasteiger partial charge in [-0.05, 0) is 36.1 Å². The number of hydrogen-bond donors (Lipinski definition) is 1. The summed E-state index contributed by atoms with van der Waals surface area (Å²) in [5.74, 6) is 2.56. The van der Waals surface area contributed by atoms with E-state index >= 15 is 0 Å². The molecular weight excluding hydrogens is 507 g/mol. The molecule has 2 aromatic rings. The Labute approximate surface area is 203 Å². The molecule has 2 rings (SSSR count). The van der Waals surface area contributed by atoms with Gasteiger partial charge in [-0.15, -0.1) is 34.2 Å². The summed E-state index contributed by atoms with van der Waals surface area (Å²) in [6, 6.07) is 8.81. The lowest BCUT2D eigenvalue weighted by atomic mass is 10.1. The number of rotatable bonds is 10. The maximum absolute atomic E-state index is 4.43. The normalized spacial score (nSPS) is 11.5. The largest absolute Gasteiger partial charge is 0.356 e. The van der Waals surface area contributed by atoms with E-state index < -0.39 is 0 Å². The smallest absolute Gasteiger partial charge is 0.193 e. The molecule has 1 heterocycles. The number of nitrogens with zero attached hydrogens (tertiary/aromatic N) is 5. The molecule has 0 saturated heterocycles.